The molecule has 0 spiro atoms. The summed E-state index contributed by atoms with van der Waals surface area (Å²) in [7, 11) is 0. The van der Waals surface area contributed by atoms with Crippen LogP contribution in [0.5, 0.6) is 0 Å². The molecule has 3 aromatic rings. The predicted molar refractivity (Wildman–Crippen MR) is 83.9 cm³/mol. The largest absolute Gasteiger partial charge is 0.480 e. The Kier molecular flexibility index (Phi) is 4.42. The molecular formula is C17H16N4O2. The van der Waals surface area contributed by atoms with Gasteiger partial charge in [-0.3, -0.25) is 0 Å². The van der Waals surface area contributed by atoms with Crippen LogP contribution in [0.3, 0.4) is 0 Å². The van der Waals surface area contributed by atoms with Crippen LogP contribution < -0.4 is 0 Å². The first kappa shape index (κ1) is 14.9. The first-order valence-corrected chi connectivity index (χ1v) is 7.31. The Morgan fingerprint density at radius 2 is 1.61 bits per heavy atom. The van der Waals surface area contributed by atoms with E-state index in [1.54, 1.807) is 0 Å². The zero-order chi connectivity index (χ0) is 16.1. The molecule has 6 heteroatoms. The smallest absolute Gasteiger partial charge is 0.328 e. The molecule has 1 unspecified atom stereocenters. The summed E-state index contributed by atoms with van der Waals surface area (Å²) in [5.41, 5.74) is 1.97. The van der Waals surface area contributed by atoms with Crippen molar-refractivity contribution in [2.24, 2.45) is 0 Å². The minimum atomic E-state index is -0.949. The van der Waals surface area contributed by atoms with Gasteiger partial charge < -0.3 is 5.11 Å². The monoisotopic (exact) mass is 308 g/mol. The number of aromatic nitrogens is 4. The molecule has 23 heavy (non-hydrogen) atoms. The molecule has 0 saturated heterocycles. The van der Waals surface area contributed by atoms with Gasteiger partial charge in [-0.1, -0.05) is 60.7 Å². The molecule has 0 aliphatic heterocycles. The van der Waals surface area contributed by atoms with Crippen LogP contribution in [0.2, 0.25) is 0 Å². The molecule has 0 fully saturated rings. The van der Waals surface area contributed by atoms with Gasteiger partial charge in [0.2, 0.25) is 0 Å². The van der Waals surface area contributed by atoms with Crippen LogP contribution in [-0.4, -0.2) is 31.3 Å². The van der Waals surface area contributed by atoms with Crippen molar-refractivity contribution in [2.45, 2.75) is 18.9 Å². The maximum absolute atomic E-state index is 11.7. The third-order valence-corrected chi connectivity index (χ3v) is 3.62. The maximum atomic E-state index is 11.7. The molecule has 0 bridgehead atoms. The highest BCUT2D eigenvalue weighted by atomic mass is 16.4. The second kappa shape index (κ2) is 6.83. The van der Waals surface area contributed by atoms with Gasteiger partial charge in [-0.25, -0.2) is 9.48 Å². The van der Waals surface area contributed by atoms with E-state index in [1.807, 2.05) is 60.7 Å². The lowest BCUT2D eigenvalue weighted by molar-refractivity contribution is -0.141. The van der Waals surface area contributed by atoms with Gasteiger partial charge >= 0.3 is 5.97 Å². The molecule has 116 valence electrons. The van der Waals surface area contributed by atoms with Gasteiger partial charge in [0.25, 0.3) is 0 Å². The second-order valence-corrected chi connectivity index (χ2v) is 5.25. The number of carbonyl (C=O) groups is 1. The molecule has 0 aliphatic rings. The van der Waals surface area contributed by atoms with Gasteiger partial charge in [0.05, 0.1) is 0 Å². The number of benzene rings is 2. The summed E-state index contributed by atoms with van der Waals surface area (Å²) in [6.45, 7) is 0. The van der Waals surface area contributed by atoms with Crippen LogP contribution in [0.25, 0.3) is 0 Å². The van der Waals surface area contributed by atoms with Crippen molar-refractivity contribution in [3.05, 3.63) is 77.6 Å². The van der Waals surface area contributed by atoms with Crippen molar-refractivity contribution in [2.75, 3.05) is 0 Å². The van der Waals surface area contributed by atoms with E-state index in [-0.39, 0.29) is 0 Å². The highest BCUT2D eigenvalue weighted by Crippen LogP contribution is 2.17. The number of carboxylic acids is 1. The van der Waals surface area contributed by atoms with Crippen molar-refractivity contribution in [1.29, 1.82) is 0 Å². The molecular weight excluding hydrogens is 292 g/mol. The predicted octanol–water partition coefficient (Wildman–Crippen LogP) is 2.13. The third-order valence-electron chi connectivity index (χ3n) is 3.62. The van der Waals surface area contributed by atoms with Crippen molar-refractivity contribution in [3.63, 3.8) is 0 Å². The topological polar surface area (TPSA) is 80.9 Å². The molecule has 6 nitrogen and oxygen atoms in total. The number of aliphatic carboxylic acids is 1. The van der Waals surface area contributed by atoms with Crippen LogP contribution >= 0.6 is 0 Å². The van der Waals surface area contributed by atoms with E-state index in [9.17, 15) is 9.90 Å². The van der Waals surface area contributed by atoms with Gasteiger partial charge in [-0.05, 0) is 21.6 Å². The molecule has 0 radical (unpaired) electrons. The number of hydrogen-bond acceptors (Lipinski definition) is 4. The van der Waals surface area contributed by atoms with E-state index in [0.717, 1.165) is 11.1 Å². The Hall–Kier alpha value is -3.02. The molecule has 0 amide bonds. The summed E-state index contributed by atoms with van der Waals surface area (Å²) >= 11 is 0. The molecule has 1 N–H and O–H groups in total. The molecule has 3 rings (SSSR count). The summed E-state index contributed by atoms with van der Waals surface area (Å²) < 4.78 is 1.41. The standard InChI is InChI=1S/C17H16N4O2/c22-17(23)15(11-13-7-3-1-4-8-13)21-16(18-19-20-21)12-14-9-5-2-6-10-14/h1-10,15H,11-12H2,(H,22,23). The Morgan fingerprint density at radius 1 is 1.00 bits per heavy atom. The second-order valence-electron chi connectivity index (χ2n) is 5.25. The third kappa shape index (κ3) is 3.60. The van der Waals surface area contributed by atoms with Gasteiger partial charge in [0.15, 0.2) is 11.9 Å². The van der Waals surface area contributed by atoms with E-state index < -0.39 is 12.0 Å². The fourth-order valence-electron chi connectivity index (χ4n) is 2.46. The lowest BCUT2D eigenvalue weighted by Gasteiger charge is -2.14. The summed E-state index contributed by atoms with van der Waals surface area (Å²) in [6.07, 6.45) is 0.829. The molecule has 0 saturated carbocycles. The average molecular weight is 308 g/mol. The zero-order valence-corrected chi connectivity index (χ0v) is 12.4. The Labute approximate surface area is 133 Å². The fraction of sp³-hybridized carbons (Fsp3) is 0.176. The average Bonchev–Trinajstić information content (AvgIpc) is 3.02. The van der Waals surface area contributed by atoms with E-state index >= 15 is 0 Å². The van der Waals surface area contributed by atoms with Crippen LogP contribution in [0.4, 0.5) is 0 Å². The maximum Gasteiger partial charge on any atom is 0.328 e. The van der Waals surface area contributed by atoms with Crippen LogP contribution in [0.15, 0.2) is 60.7 Å². The number of carboxylic acid groups (broad SMARTS) is 1. The first-order chi connectivity index (χ1) is 11.2. The van der Waals surface area contributed by atoms with E-state index in [2.05, 4.69) is 15.5 Å². The van der Waals surface area contributed by atoms with Gasteiger partial charge in [0, 0.05) is 12.8 Å². The number of rotatable bonds is 6. The van der Waals surface area contributed by atoms with E-state index in [0.29, 0.717) is 18.7 Å². The quantitative estimate of drug-likeness (QED) is 0.754. The van der Waals surface area contributed by atoms with Crippen molar-refractivity contribution in [3.8, 4) is 0 Å². The van der Waals surface area contributed by atoms with Crippen LogP contribution in [0, 0.1) is 0 Å². The summed E-state index contributed by atoms with van der Waals surface area (Å²) in [5, 5.41) is 21.1. The number of hydrogen-bond donors (Lipinski definition) is 1. The number of tetrazole rings is 1. The first-order valence-electron chi connectivity index (χ1n) is 7.31. The van der Waals surface area contributed by atoms with Crippen LogP contribution in [-0.2, 0) is 17.6 Å². The molecule has 1 aromatic heterocycles. The summed E-state index contributed by atoms with van der Waals surface area (Å²) in [5.74, 6) is -0.407. The van der Waals surface area contributed by atoms with Gasteiger partial charge in [-0.15, -0.1) is 5.10 Å². The minimum absolute atomic E-state index is 0.336. The van der Waals surface area contributed by atoms with Crippen molar-refractivity contribution in [1.82, 2.24) is 20.2 Å². The Morgan fingerprint density at radius 3 is 2.22 bits per heavy atom. The molecule has 0 aliphatic carbocycles. The zero-order valence-electron chi connectivity index (χ0n) is 12.4. The molecule has 1 atom stereocenters. The minimum Gasteiger partial charge on any atom is -0.480 e. The molecule has 1 heterocycles. The summed E-state index contributed by atoms with van der Waals surface area (Å²) in [4.78, 5) is 11.7. The highest BCUT2D eigenvalue weighted by Gasteiger charge is 2.24. The Bertz CT molecular complexity index is 772. The fourth-order valence-corrected chi connectivity index (χ4v) is 2.46. The van der Waals surface area contributed by atoms with Crippen molar-refractivity contribution >= 4 is 5.97 Å². The van der Waals surface area contributed by atoms with Gasteiger partial charge in [0.1, 0.15) is 0 Å². The lowest BCUT2D eigenvalue weighted by Crippen LogP contribution is -2.24. The highest BCUT2D eigenvalue weighted by molar-refractivity contribution is 5.72. The normalized spacial score (nSPS) is 12.0. The SMILES string of the molecule is O=C(O)C(Cc1ccccc1)n1nnnc1Cc1ccccc1. The van der Waals surface area contributed by atoms with Gasteiger partial charge in [-0.2, -0.15) is 0 Å². The number of nitrogens with zero attached hydrogens (tertiary/aromatic N) is 4. The van der Waals surface area contributed by atoms with E-state index in [1.165, 1.54) is 4.68 Å². The lowest BCUT2D eigenvalue weighted by atomic mass is 10.1. The molecule has 2 aromatic carbocycles. The summed E-state index contributed by atoms with van der Waals surface area (Å²) in [6, 6.07) is 18.4. The Balaban J connectivity index is 1.86. The van der Waals surface area contributed by atoms with E-state index in [4.69, 9.17) is 0 Å². The van der Waals surface area contributed by atoms with Crippen LogP contribution in [0.1, 0.15) is 23.0 Å². The van der Waals surface area contributed by atoms with Crippen molar-refractivity contribution < 1.29 is 9.90 Å².